The Labute approximate surface area is 221 Å². The quantitative estimate of drug-likeness (QED) is 0.227. The lowest BCUT2D eigenvalue weighted by atomic mass is 10.0. The van der Waals surface area contributed by atoms with Gasteiger partial charge in [-0.15, -0.1) is 11.8 Å². The van der Waals surface area contributed by atoms with E-state index in [0.717, 1.165) is 18.0 Å². The predicted molar refractivity (Wildman–Crippen MR) is 149 cm³/mol. The third kappa shape index (κ3) is 8.94. The van der Waals surface area contributed by atoms with Crippen molar-refractivity contribution in [1.82, 2.24) is 16.0 Å². The number of amidine groups is 1. The van der Waals surface area contributed by atoms with Crippen LogP contribution < -0.4 is 21.3 Å². The molecule has 0 saturated heterocycles. The molecule has 36 heavy (non-hydrogen) atoms. The second-order valence-electron chi connectivity index (χ2n) is 7.76. The summed E-state index contributed by atoms with van der Waals surface area (Å²) in [6.45, 7) is 8.67. The van der Waals surface area contributed by atoms with Crippen LogP contribution in [0.15, 0.2) is 46.6 Å². The number of nitrogens with one attached hydrogen (secondary N) is 4. The zero-order chi connectivity index (χ0) is 26.5. The Hall–Kier alpha value is -2.92. The van der Waals surface area contributed by atoms with Crippen LogP contribution in [-0.2, 0) is 9.59 Å². The Morgan fingerprint density at radius 2 is 2.08 bits per heavy atom. The molecule has 1 aromatic rings. The number of phenolic OH excluding ortho intramolecular Hbond substituents is 1. The first-order valence-electron chi connectivity index (χ1n) is 12.0. The highest BCUT2D eigenvalue weighted by molar-refractivity contribution is 8.14. The maximum absolute atomic E-state index is 12.7. The molecule has 196 valence electrons. The molecule has 0 fully saturated rings. The van der Waals surface area contributed by atoms with Crippen LogP contribution in [0.4, 0.5) is 5.69 Å². The van der Waals surface area contributed by atoms with Crippen LogP contribution in [0.5, 0.6) is 5.75 Å². The lowest BCUT2D eigenvalue weighted by molar-refractivity contribution is -0.118. The first kappa shape index (κ1) is 29.3. The standard InChI is InChI=1S/C23H29N5O4S2.C2H6/c1-3-15(7-10-24-20(31)13-34-23-25-8-4-9-26-23)22-28-18(12-33-22)21(32)27-17-11-16(14(2)29)5-6-19(17)30;1-2/h4-6,8,11-12,15,22,28,30H,3,7,9-10,13H2,1-2H3,(H,24,31)(H,25,26)(H,27,32);1-2H3. The number of aromatic hydroxyl groups is 1. The zero-order valence-electron chi connectivity index (χ0n) is 21.1. The highest BCUT2D eigenvalue weighted by Crippen LogP contribution is 2.31. The van der Waals surface area contributed by atoms with Crippen LogP contribution in [0.25, 0.3) is 0 Å². The van der Waals surface area contributed by atoms with Crippen LogP contribution >= 0.6 is 23.5 Å². The summed E-state index contributed by atoms with van der Waals surface area (Å²) >= 11 is 2.90. The van der Waals surface area contributed by atoms with Crippen LogP contribution in [0, 0.1) is 5.92 Å². The molecule has 0 aliphatic carbocycles. The summed E-state index contributed by atoms with van der Waals surface area (Å²) in [5, 5.41) is 24.4. The van der Waals surface area contributed by atoms with Crippen molar-refractivity contribution >= 4 is 52.0 Å². The minimum absolute atomic E-state index is 0.00163. The molecule has 2 atom stereocenters. The maximum Gasteiger partial charge on any atom is 0.272 e. The third-order valence-corrected chi connectivity index (χ3v) is 7.42. The molecule has 2 heterocycles. The number of carbonyl (C=O) groups excluding carboxylic acids is 3. The molecule has 0 bridgehead atoms. The van der Waals surface area contributed by atoms with Crippen molar-refractivity contribution in [2.24, 2.45) is 10.9 Å². The largest absolute Gasteiger partial charge is 0.506 e. The van der Waals surface area contributed by atoms with Gasteiger partial charge in [0.2, 0.25) is 5.91 Å². The highest BCUT2D eigenvalue weighted by atomic mass is 32.2. The molecule has 0 spiro atoms. The molecule has 9 nitrogen and oxygen atoms in total. The first-order valence-corrected chi connectivity index (χ1v) is 13.9. The summed E-state index contributed by atoms with van der Waals surface area (Å²) in [6.07, 6.45) is 5.37. The molecule has 3 rings (SSSR count). The van der Waals surface area contributed by atoms with Gasteiger partial charge in [-0.1, -0.05) is 39.0 Å². The number of carbonyl (C=O) groups is 3. The van der Waals surface area contributed by atoms with E-state index in [1.165, 1.54) is 48.6 Å². The Kier molecular flexibility index (Phi) is 12.4. The van der Waals surface area contributed by atoms with Crippen molar-refractivity contribution in [3.63, 3.8) is 0 Å². The number of ketones is 1. The number of aliphatic imine (C=N–C) groups is 1. The number of hydrogen-bond acceptors (Lipinski definition) is 9. The fraction of sp³-hybridized carbons (Fsp3) is 0.440. The summed E-state index contributed by atoms with van der Waals surface area (Å²) < 4.78 is 0. The van der Waals surface area contributed by atoms with Crippen LogP contribution in [-0.4, -0.2) is 52.1 Å². The number of rotatable bonds is 10. The van der Waals surface area contributed by atoms with Gasteiger partial charge in [0.15, 0.2) is 11.0 Å². The topological polar surface area (TPSA) is 132 Å². The van der Waals surface area contributed by atoms with Gasteiger partial charge in [-0.25, -0.2) is 0 Å². The van der Waals surface area contributed by atoms with Crippen molar-refractivity contribution in [1.29, 1.82) is 0 Å². The summed E-state index contributed by atoms with van der Waals surface area (Å²) in [5.41, 5.74) is 0.989. The second kappa shape index (κ2) is 15.2. The Morgan fingerprint density at radius 1 is 1.31 bits per heavy atom. The molecule has 2 aliphatic rings. The fourth-order valence-electron chi connectivity index (χ4n) is 3.36. The highest BCUT2D eigenvalue weighted by Gasteiger charge is 2.28. The van der Waals surface area contributed by atoms with E-state index in [1.807, 2.05) is 26.1 Å². The molecular weight excluding hydrogens is 498 g/mol. The number of benzene rings is 1. The molecule has 2 amide bonds. The molecule has 2 unspecified atom stereocenters. The number of amides is 2. The minimum Gasteiger partial charge on any atom is -0.506 e. The predicted octanol–water partition coefficient (Wildman–Crippen LogP) is 3.80. The van der Waals surface area contributed by atoms with Gasteiger partial charge in [-0.3, -0.25) is 19.4 Å². The lowest BCUT2D eigenvalue weighted by Gasteiger charge is -2.23. The SMILES string of the molecule is CC.CCC(CCNC(=O)CSC1=NCC=CN1)C1NC(C(=O)Nc2cc(C(C)=O)ccc2O)=CS1. The average molecular weight is 534 g/mol. The summed E-state index contributed by atoms with van der Waals surface area (Å²) in [6, 6.07) is 4.35. The van der Waals surface area contributed by atoms with E-state index in [2.05, 4.69) is 33.2 Å². The number of hydrogen-bond donors (Lipinski definition) is 5. The number of Topliss-reactive ketones (excluding diaryl/α,β-unsaturated/α-hetero) is 1. The first-order chi connectivity index (χ1) is 17.4. The van der Waals surface area contributed by atoms with Crippen molar-refractivity contribution in [3.8, 4) is 5.75 Å². The van der Waals surface area contributed by atoms with E-state index >= 15 is 0 Å². The van der Waals surface area contributed by atoms with E-state index in [1.54, 1.807) is 5.41 Å². The molecule has 11 heteroatoms. The number of nitrogens with zero attached hydrogens (tertiary/aromatic N) is 1. The van der Waals surface area contributed by atoms with E-state index in [0.29, 0.717) is 30.1 Å². The van der Waals surface area contributed by atoms with Gasteiger partial charge in [0.1, 0.15) is 11.4 Å². The number of phenols is 1. The number of thioether (sulfide) groups is 2. The normalized spacial score (nSPS) is 16.8. The Morgan fingerprint density at radius 3 is 2.75 bits per heavy atom. The van der Waals surface area contributed by atoms with E-state index in [-0.39, 0.29) is 40.3 Å². The Balaban J connectivity index is 0.00000222. The van der Waals surface area contributed by atoms with E-state index in [9.17, 15) is 19.5 Å². The molecule has 0 saturated carbocycles. The van der Waals surface area contributed by atoms with Gasteiger partial charge in [0.25, 0.3) is 5.91 Å². The zero-order valence-corrected chi connectivity index (χ0v) is 22.7. The van der Waals surface area contributed by atoms with Gasteiger partial charge >= 0.3 is 0 Å². The second-order valence-corrected chi connectivity index (χ2v) is 9.74. The minimum atomic E-state index is -0.389. The Bertz CT molecular complexity index is 1030. The molecule has 0 aromatic heterocycles. The van der Waals surface area contributed by atoms with Gasteiger partial charge in [-0.2, -0.15) is 0 Å². The smallest absolute Gasteiger partial charge is 0.272 e. The van der Waals surface area contributed by atoms with E-state index in [4.69, 9.17) is 0 Å². The fourth-order valence-corrected chi connectivity index (χ4v) is 5.25. The third-order valence-electron chi connectivity index (χ3n) is 5.32. The average Bonchev–Trinajstić information content (AvgIpc) is 3.38. The maximum atomic E-state index is 12.7. The van der Waals surface area contributed by atoms with Gasteiger partial charge in [-0.05, 0) is 43.5 Å². The molecule has 0 radical (unpaired) electrons. The van der Waals surface area contributed by atoms with Crippen molar-refractivity contribution in [2.45, 2.75) is 45.9 Å². The molecule has 5 N–H and O–H groups in total. The van der Waals surface area contributed by atoms with Crippen LogP contribution in [0.2, 0.25) is 0 Å². The van der Waals surface area contributed by atoms with Crippen molar-refractivity contribution in [3.05, 3.63) is 47.1 Å². The summed E-state index contributed by atoms with van der Waals surface area (Å²) in [5.74, 6) is -0.154. The van der Waals surface area contributed by atoms with Gasteiger partial charge in [0.05, 0.1) is 23.4 Å². The molecule has 2 aliphatic heterocycles. The molecular formula is C25H35N5O4S2. The van der Waals surface area contributed by atoms with Gasteiger partial charge < -0.3 is 26.4 Å². The summed E-state index contributed by atoms with van der Waals surface area (Å²) in [4.78, 5) is 40.7. The monoisotopic (exact) mass is 533 g/mol. The molecule has 1 aromatic carbocycles. The van der Waals surface area contributed by atoms with Crippen LogP contribution in [0.3, 0.4) is 0 Å². The van der Waals surface area contributed by atoms with Crippen LogP contribution in [0.1, 0.15) is 50.9 Å². The summed E-state index contributed by atoms with van der Waals surface area (Å²) in [7, 11) is 0. The van der Waals surface area contributed by atoms with E-state index < -0.39 is 0 Å². The van der Waals surface area contributed by atoms with Crippen molar-refractivity contribution in [2.75, 3.05) is 24.2 Å². The van der Waals surface area contributed by atoms with Crippen molar-refractivity contribution < 1.29 is 19.5 Å². The van der Waals surface area contributed by atoms with Gasteiger partial charge in [0, 0.05) is 23.7 Å². The lowest BCUT2D eigenvalue weighted by Crippen LogP contribution is -2.35. The number of anilines is 1.